The van der Waals surface area contributed by atoms with Crippen LogP contribution in [0.2, 0.25) is 0 Å². The lowest BCUT2D eigenvalue weighted by atomic mass is 10.0. The number of ketones is 1. The first kappa shape index (κ1) is 18.0. The molecular weight excluding hydrogens is 326 g/mol. The van der Waals surface area contributed by atoms with Crippen LogP contribution in [0.15, 0.2) is 53.1 Å². The van der Waals surface area contributed by atoms with Gasteiger partial charge in [-0.3, -0.25) is 4.79 Å². The average Bonchev–Trinajstić information content (AvgIpc) is 3.15. The first-order chi connectivity index (χ1) is 12.7. The van der Waals surface area contributed by atoms with Crippen LogP contribution in [0.3, 0.4) is 0 Å². The molecule has 1 aromatic carbocycles. The Kier molecular flexibility index (Phi) is 6.25. The van der Waals surface area contributed by atoms with Crippen molar-refractivity contribution in [1.29, 1.82) is 0 Å². The summed E-state index contributed by atoms with van der Waals surface area (Å²) in [5, 5.41) is 3.87. The van der Waals surface area contributed by atoms with E-state index in [0.717, 1.165) is 37.8 Å². The van der Waals surface area contributed by atoms with Crippen LogP contribution in [-0.4, -0.2) is 20.9 Å². The van der Waals surface area contributed by atoms with Gasteiger partial charge >= 0.3 is 0 Å². The summed E-state index contributed by atoms with van der Waals surface area (Å²) in [5.41, 5.74) is 2.86. The smallest absolute Gasteiger partial charge is 0.294 e. The summed E-state index contributed by atoms with van der Waals surface area (Å²) in [6.45, 7) is 1.90. The molecule has 3 rings (SSSR count). The van der Waals surface area contributed by atoms with Gasteiger partial charge in [-0.05, 0) is 43.9 Å². The van der Waals surface area contributed by atoms with E-state index >= 15 is 0 Å². The number of Topliss-reactive ketones (excluding diaryl/α,β-unsaturated/α-hetero) is 1. The molecule has 0 atom stereocenters. The molecule has 134 valence electrons. The van der Waals surface area contributed by atoms with Crippen molar-refractivity contribution in [2.75, 3.05) is 0 Å². The van der Waals surface area contributed by atoms with Gasteiger partial charge in [-0.2, -0.15) is 4.98 Å². The van der Waals surface area contributed by atoms with Crippen LogP contribution < -0.4 is 0 Å². The summed E-state index contributed by atoms with van der Waals surface area (Å²) in [6, 6.07) is 16.1. The van der Waals surface area contributed by atoms with E-state index in [1.54, 1.807) is 6.07 Å². The van der Waals surface area contributed by atoms with Crippen LogP contribution in [0.25, 0.3) is 11.5 Å². The van der Waals surface area contributed by atoms with Crippen molar-refractivity contribution in [1.82, 2.24) is 15.1 Å². The lowest BCUT2D eigenvalue weighted by Gasteiger charge is -2.01. The second kappa shape index (κ2) is 9.04. The topological polar surface area (TPSA) is 68.9 Å². The fraction of sp³-hybridized carbons (Fsp3) is 0.333. The van der Waals surface area contributed by atoms with Gasteiger partial charge in [0, 0.05) is 12.1 Å². The third kappa shape index (κ3) is 5.09. The highest BCUT2D eigenvalue weighted by Gasteiger charge is 2.16. The van der Waals surface area contributed by atoms with E-state index < -0.39 is 0 Å². The van der Waals surface area contributed by atoms with Crippen molar-refractivity contribution in [2.45, 2.75) is 45.4 Å². The summed E-state index contributed by atoms with van der Waals surface area (Å²) in [6.07, 6.45) is 5.65. The summed E-state index contributed by atoms with van der Waals surface area (Å²) < 4.78 is 5.11. The van der Waals surface area contributed by atoms with Gasteiger partial charge in [0.1, 0.15) is 5.69 Å². The van der Waals surface area contributed by atoms with E-state index in [9.17, 15) is 4.79 Å². The zero-order valence-electron chi connectivity index (χ0n) is 15.0. The monoisotopic (exact) mass is 349 g/mol. The predicted molar refractivity (Wildman–Crippen MR) is 99.8 cm³/mol. The SMILES string of the molecule is Cc1cccc(-c2noc(C(=O)CCCCCCc3ccccc3)n2)n1. The molecule has 0 spiro atoms. The number of carbonyl (C=O) groups is 1. The molecular formula is C21H23N3O2. The Morgan fingerprint density at radius 2 is 1.73 bits per heavy atom. The van der Waals surface area contributed by atoms with E-state index in [-0.39, 0.29) is 11.7 Å². The number of pyridine rings is 1. The van der Waals surface area contributed by atoms with Crippen molar-refractivity contribution in [3.05, 3.63) is 65.7 Å². The van der Waals surface area contributed by atoms with Crippen LogP contribution in [0.5, 0.6) is 0 Å². The second-order valence-electron chi connectivity index (χ2n) is 6.41. The van der Waals surface area contributed by atoms with Gasteiger partial charge < -0.3 is 4.52 Å². The van der Waals surface area contributed by atoms with Crippen molar-refractivity contribution in [2.24, 2.45) is 0 Å². The molecule has 0 aliphatic heterocycles. The molecule has 2 heterocycles. The highest BCUT2D eigenvalue weighted by Crippen LogP contribution is 2.15. The summed E-state index contributed by atoms with van der Waals surface area (Å²) in [4.78, 5) is 20.7. The highest BCUT2D eigenvalue weighted by molar-refractivity contribution is 5.91. The molecule has 0 aliphatic rings. The molecule has 0 saturated carbocycles. The maximum atomic E-state index is 12.2. The Bertz CT molecular complexity index is 843. The van der Waals surface area contributed by atoms with Gasteiger partial charge in [0.15, 0.2) is 0 Å². The Hall–Kier alpha value is -2.82. The number of aryl methyl sites for hydroxylation is 2. The minimum absolute atomic E-state index is 0.0765. The molecule has 0 saturated heterocycles. The zero-order valence-corrected chi connectivity index (χ0v) is 15.0. The van der Waals surface area contributed by atoms with E-state index in [1.807, 2.05) is 25.1 Å². The lowest BCUT2D eigenvalue weighted by molar-refractivity contribution is 0.0936. The summed E-state index contributed by atoms with van der Waals surface area (Å²) in [5.74, 6) is 0.340. The van der Waals surface area contributed by atoms with Crippen molar-refractivity contribution in [3.63, 3.8) is 0 Å². The number of hydrogen-bond acceptors (Lipinski definition) is 5. The number of benzene rings is 1. The molecule has 3 aromatic rings. The van der Waals surface area contributed by atoms with E-state index in [1.165, 1.54) is 5.56 Å². The van der Waals surface area contributed by atoms with Gasteiger partial charge in [0.05, 0.1) is 0 Å². The molecule has 0 unspecified atom stereocenters. The predicted octanol–water partition coefficient (Wildman–Crippen LogP) is 4.82. The first-order valence-electron chi connectivity index (χ1n) is 9.07. The largest absolute Gasteiger partial charge is 0.330 e. The van der Waals surface area contributed by atoms with Crippen molar-refractivity contribution in [3.8, 4) is 11.5 Å². The molecule has 0 N–H and O–H groups in total. The lowest BCUT2D eigenvalue weighted by Crippen LogP contribution is -1.99. The molecule has 0 radical (unpaired) electrons. The van der Waals surface area contributed by atoms with E-state index in [2.05, 4.69) is 39.4 Å². The van der Waals surface area contributed by atoms with E-state index in [0.29, 0.717) is 17.9 Å². The van der Waals surface area contributed by atoms with Gasteiger partial charge in [-0.15, -0.1) is 0 Å². The molecule has 0 fully saturated rings. The number of aromatic nitrogens is 3. The van der Waals surface area contributed by atoms with Crippen molar-refractivity contribution >= 4 is 5.78 Å². The number of hydrogen-bond donors (Lipinski definition) is 0. The number of nitrogens with zero attached hydrogens (tertiary/aromatic N) is 3. The second-order valence-corrected chi connectivity index (χ2v) is 6.41. The third-order valence-electron chi connectivity index (χ3n) is 4.24. The molecule has 26 heavy (non-hydrogen) atoms. The number of carbonyl (C=O) groups excluding carboxylic acids is 1. The van der Waals surface area contributed by atoms with Crippen molar-refractivity contribution < 1.29 is 9.32 Å². The molecule has 2 aromatic heterocycles. The molecule has 5 heteroatoms. The fourth-order valence-electron chi connectivity index (χ4n) is 2.83. The molecule has 0 bridgehead atoms. The molecule has 0 amide bonds. The minimum Gasteiger partial charge on any atom is -0.330 e. The van der Waals surface area contributed by atoms with Crippen LogP contribution in [0.4, 0.5) is 0 Å². The van der Waals surface area contributed by atoms with Crippen LogP contribution in [0, 0.1) is 6.92 Å². The molecule has 0 aliphatic carbocycles. The van der Waals surface area contributed by atoms with Crippen LogP contribution in [0.1, 0.15) is 54.0 Å². The van der Waals surface area contributed by atoms with Gasteiger partial charge in [-0.25, -0.2) is 4.98 Å². The maximum absolute atomic E-state index is 12.2. The first-order valence-corrected chi connectivity index (χ1v) is 9.07. The fourth-order valence-corrected chi connectivity index (χ4v) is 2.83. The van der Waals surface area contributed by atoms with Gasteiger partial charge in [-0.1, -0.05) is 54.4 Å². The Morgan fingerprint density at radius 3 is 2.54 bits per heavy atom. The Morgan fingerprint density at radius 1 is 0.923 bits per heavy atom. The van der Waals surface area contributed by atoms with Crippen LogP contribution in [-0.2, 0) is 6.42 Å². The summed E-state index contributed by atoms with van der Waals surface area (Å²) in [7, 11) is 0. The maximum Gasteiger partial charge on any atom is 0.294 e. The highest BCUT2D eigenvalue weighted by atomic mass is 16.5. The van der Waals surface area contributed by atoms with Gasteiger partial charge in [0.2, 0.25) is 11.6 Å². The number of unbranched alkanes of at least 4 members (excludes halogenated alkanes) is 3. The quantitative estimate of drug-likeness (QED) is 0.409. The normalized spacial score (nSPS) is 10.8. The van der Waals surface area contributed by atoms with E-state index in [4.69, 9.17) is 4.52 Å². The van der Waals surface area contributed by atoms with Gasteiger partial charge in [0.25, 0.3) is 5.89 Å². The number of rotatable bonds is 9. The molecule has 5 nitrogen and oxygen atoms in total. The average molecular weight is 349 g/mol. The third-order valence-corrected chi connectivity index (χ3v) is 4.24. The zero-order chi connectivity index (χ0) is 18.2. The Balaban J connectivity index is 1.40. The minimum atomic E-state index is -0.0977. The Labute approximate surface area is 153 Å². The standard InChI is InChI=1S/C21H23N3O2/c1-16-10-9-14-18(22-16)20-23-21(26-24-20)19(25)15-8-3-2-5-11-17-12-6-4-7-13-17/h4,6-7,9-10,12-14H,2-3,5,8,11,15H2,1H3. The van der Waals surface area contributed by atoms with Crippen LogP contribution >= 0.6 is 0 Å². The summed E-state index contributed by atoms with van der Waals surface area (Å²) >= 11 is 0.